The zero-order valence-corrected chi connectivity index (χ0v) is 29.1. The summed E-state index contributed by atoms with van der Waals surface area (Å²) in [6, 6.07) is 10.7. The van der Waals surface area contributed by atoms with Crippen LogP contribution in [0.2, 0.25) is 0 Å². The van der Waals surface area contributed by atoms with E-state index in [0.717, 1.165) is 36.8 Å². The summed E-state index contributed by atoms with van der Waals surface area (Å²) < 4.78 is 0. The molecular weight excluding hydrogens is 620 g/mol. The van der Waals surface area contributed by atoms with Crippen molar-refractivity contribution in [2.45, 2.75) is 115 Å². The summed E-state index contributed by atoms with van der Waals surface area (Å²) in [6.45, 7) is 3.80. The molecule has 1 saturated carbocycles. The third kappa shape index (κ3) is 12.1. The van der Waals surface area contributed by atoms with Crippen molar-refractivity contribution >= 4 is 17.7 Å². The number of nitrogens with one attached hydrogen (secondary N) is 3. The van der Waals surface area contributed by atoms with Gasteiger partial charge in [-0.1, -0.05) is 82.3 Å². The fourth-order valence-electron chi connectivity index (χ4n) is 6.59. The molecule has 1 aliphatic carbocycles. The van der Waals surface area contributed by atoms with Crippen LogP contribution in [0.15, 0.2) is 67.4 Å². The maximum absolute atomic E-state index is 14.3. The largest absolute Gasteiger partial charge is 0.393 e. The number of carbonyl (C=O) groups is 3. The molecule has 3 aromatic rings. The maximum atomic E-state index is 14.3. The van der Waals surface area contributed by atoms with E-state index < -0.39 is 42.1 Å². The van der Waals surface area contributed by atoms with Crippen LogP contribution in [-0.2, 0) is 33.6 Å². The summed E-state index contributed by atoms with van der Waals surface area (Å²) in [5, 5.41) is 28.0. The predicted molar refractivity (Wildman–Crippen MR) is 188 cm³/mol. The Morgan fingerprint density at radius 3 is 2.31 bits per heavy atom. The molecule has 0 radical (unpaired) electrons. The average molecular weight is 675 g/mol. The van der Waals surface area contributed by atoms with Gasteiger partial charge in [0.25, 0.3) is 0 Å². The Hall–Kier alpha value is -4.09. The number of imidazole rings is 1. The van der Waals surface area contributed by atoms with Crippen LogP contribution >= 0.6 is 0 Å². The van der Waals surface area contributed by atoms with E-state index in [4.69, 9.17) is 0 Å². The fourth-order valence-corrected chi connectivity index (χ4v) is 6.59. The number of aryl methyl sites for hydroxylation is 1. The van der Waals surface area contributed by atoms with Crippen molar-refractivity contribution in [3.05, 3.63) is 84.2 Å². The first kappa shape index (κ1) is 37.7. The summed E-state index contributed by atoms with van der Waals surface area (Å²) in [6.07, 6.45) is 12.1. The van der Waals surface area contributed by atoms with Gasteiger partial charge in [-0.2, -0.15) is 0 Å². The first-order valence-electron chi connectivity index (χ1n) is 17.7. The summed E-state index contributed by atoms with van der Waals surface area (Å²) >= 11 is 0. The highest BCUT2D eigenvalue weighted by Gasteiger charge is 2.36. The number of aromatic nitrogens is 3. The van der Waals surface area contributed by atoms with Gasteiger partial charge in [0, 0.05) is 57.0 Å². The van der Waals surface area contributed by atoms with Gasteiger partial charge in [0.1, 0.15) is 12.1 Å². The van der Waals surface area contributed by atoms with Gasteiger partial charge in [-0.3, -0.25) is 19.4 Å². The third-order valence-corrected chi connectivity index (χ3v) is 9.72. The summed E-state index contributed by atoms with van der Waals surface area (Å²) in [5.41, 5.74) is 2.46. The molecule has 266 valence electrons. The standard InChI is InChI=1S/C38H54N6O5/c1-26(2)34(45)22-35(46)31(19-27-11-6-4-7-12-27)43-37(48)33(21-30-24-40-25-41-30)44(3)38(49)32(20-28-13-8-5-9-14-28)42-36(47)17-16-29-15-10-18-39-23-29/h5,8-10,13-15,18,23-27,31-35,45-46H,4,6-7,11-12,16-17,19-22H2,1-3H3,(H,40,41)(H,42,47)(H,43,48)/t31-,32-,33-,34-,35-/m0/s1. The van der Waals surface area contributed by atoms with Crippen LogP contribution in [0.4, 0.5) is 0 Å². The molecule has 1 aromatic carbocycles. The summed E-state index contributed by atoms with van der Waals surface area (Å²) in [7, 11) is 1.58. The minimum atomic E-state index is -0.963. The minimum absolute atomic E-state index is 0.0429. The molecule has 0 unspecified atom stereocenters. The molecule has 3 amide bonds. The van der Waals surface area contributed by atoms with E-state index in [2.05, 4.69) is 25.6 Å². The maximum Gasteiger partial charge on any atom is 0.245 e. The van der Waals surface area contributed by atoms with Crippen molar-refractivity contribution in [2.75, 3.05) is 7.05 Å². The third-order valence-electron chi connectivity index (χ3n) is 9.72. The molecule has 1 aliphatic rings. The van der Waals surface area contributed by atoms with Crippen molar-refractivity contribution in [2.24, 2.45) is 11.8 Å². The molecule has 2 heterocycles. The Bertz CT molecular complexity index is 1410. The summed E-state index contributed by atoms with van der Waals surface area (Å²) in [5.74, 6) is -0.782. The lowest BCUT2D eigenvalue weighted by Crippen LogP contribution is -2.58. The van der Waals surface area contributed by atoms with Gasteiger partial charge >= 0.3 is 0 Å². The van der Waals surface area contributed by atoms with Crippen LogP contribution in [0.3, 0.4) is 0 Å². The number of hydrogen-bond donors (Lipinski definition) is 5. The predicted octanol–water partition coefficient (Wildman–Crippen LogP) is 3.76. The number of amides is 3. The number of nitrogens with zero attached hydrogens (tertiary/aromatic N) is 3. The lowest BCUT2D eigenvalue weighted by atomic mass is 9.82. The molecule has 49 heavy (non-hydrogen) atoms. The molecule has 5 N–H and O–H groups in total. The monoisotopic (exact) mass is 674 g/mol. The molecule has 2 aromatic heterocycles. The van der Waals surface area contributed by atoms with Crippen molar-refractivity contribution in [1.29, 1.82) is 0 Å². The van der Waals surface area contributed by atoms with Gasteiger partial charge in [0.15, 0.2) is 0 Å². The normalized spacial score (nSPS) is 16.7. The van der Waals surface area contributed by atoms with Crippen LogP contribution in [0.5, 0.6) is 0 Å². The molecule has 0 spiro atoms. The van der Waals surface area contributed by atoms with Gasteiger partial charge in [0.05, 0.1) is 24.6 Å². The second-order valence-corrected chi connectivity index (χ2v) is 13.9. The Labute approximate surface area is 290 Å². The zero-order valence-electron chi connectivity index (χ0n) is 29.1. The van der Waals surface area contributed by atoms with E-state index >= 15 is 0 Å². The van der Waals surface area contributed by atoms with Gasteiger partial charge in [-0.05, 0) is 41.9 Å². The minimum Gasteiger partial charge on any atom is -0.393 e. The molecule has 0 aliphatic heterocycles. The van der Waals surface area contributed by atoms with E-state index in [-0.39, 0.29) is 37.5 Å². The number of carbonyl (C=O) groups excluding carboxylic acids is 3. The number of H-pyrrole nitrogens is 1. The number of aromatic amines is 1. The SMILES string of the molecule is CC(C)[C@@H](O)C[C@H](O)[C@H](CC1CCCCC1)NC(=O)[C@H](Cc1cnc[nH]1)N(C)C(=O)[C@H](Cc1ccccc1)NC(=O)CCc1cccnc1. The van der Waals surface area contributed by atoms with Gasteiger partial charge < -0.3 is 30.7 Å². The molecule has 0 saturated heterocycles. The number of aliphatic hydroxyl groups is 2. The molecule has 11 nitrogen and oxygen atoms in total. The lowest BCUT2D eigenvalue weighted by molar-refractivity contribution is -0.142. The molecule has 5 atom stereocenters. The fraction of sp³-hybridized carbons (Fsp3) is 0.553. The molecule has 1 fully saturated rings. The van der Waals surface area contributed by atoms with Crippen molar-refractivity contribution in [1.82, 2.24) is 30.5 Å². The number of pyridine rings is 1. The first-order valence-corrected chi connectivity index (χ1v) is 17.7. The second-order valence-electron chi connectivity index (χ2n) is 13.9. The zero-order chi connectivity index (χ0) is 35.2. The Morgan fingerprint density at radius 1 is 0.918 bits per heavy atom. The van der Waals surface area contributed by atoms with Crippen LogP contribution in [0.1, 0.15) is 82.0 Å². The quantitative estimate of drug-likeness (QED) is 0.137. The molecular formula is C38H54N6O5. The Kier molecular flexibility index (Phi) is 14.8. The van der Waals surface area contributed by atoms with Gasteiger partial charge in [-0.25, -0.2) is 4.98 Å². The number of aliphatic hydroxyl groups excluding tert-OH is 2. The van der Waals surface area contributed by atoms with E-state index in [1.165, 1.54) is 17.6 Å². The highest BCUT2D eigenvalue weighted by molar-refractivity contribution is 5.92. The Balaban J connectivity index is 1.55. The van der Waals surface area contributed by atoms with Crippen molar-refractivity contribution in [3.8, 4) is 0 Å². The first-order chi connectivity index (χ1) is 23.6. The van der Waals surface area contributed by atoms with Crippen molar-refractivity contribution in [3.63, 3.8) is 0 Å². The van der Waals surface area contributed by atoms with E-state index in [9.17, 15) is 24.6 Å². The number of rotatable bonds is 18. The molecule has 0 bridgehead atoms. The number of benzene rings is 1. The topological polar surface area (TPSA) is 161 Å². The summed E-state index contributed by atoms with van der Waals surface area (Å²) in [4.78, 5) is 54.4. The van der Waals surface area contributed by atoms with Crippen LogP contribution in [-0.4, -0.2) is 85.2 Å². The Morgan fingerprint density at radius 2 is 1.65 bits per heavy atom. The van der Waals surface area contributed by atoms with Crippen molar-refractivity contribution < 1.29 is 24.6 Å². The van der Waals surface area contributed by atoms with E-state index in [1.54, 1.807) is 25.6 Å². The van der Waals surface area contributed by atoms with Crippen LogP contribution in [0, 0.1) is 11.8 Å². The van der Waals surface area contributed by atoms with E-state index in [0.29, 0.717) is 24.5 Å². The van der Waals surface area contributed by atoms with Crippen LogP contribution < -0.4 is 10.6 Å². The van der Waals surface area contributed by atoms with Gasteiger partial charge in [0.2, 0.25) is 17.7 Å². The molecule has 11 heteroatoms. The van der Waals surface area contributed by atoms with E-state index in [1.807, 2.05) is 56.3 Å². The number of likely N-dealkylation sites (N-methyl/N-ethyl adjacent to an activating group) is 1. The lowest BCUT2D eigenvalue weighted by Gasteiger charge is -2.35. The molecule has 4 rings (SSSR count). The van der Waals surface area contributed by atoms with Crippen LogP contribution in [0.25, 0.3) is 0 Å². The highest BCUT2D eigenvalue weighted by atomic mass is 16.3. The smallest absolute Gasteiger partial charge is 0.245 e. The second kappa shape index (κ2) is 19.2. The van der Waals surface area contributed by atoms with Gasteiger partial charge in [-0.15, -0.1) is 0 Å². The highest BCUT2D eigenvalue weighted by Crippen LogP contribution is 2.29. The average Bonchev–Trinajstić information content (AvgIpc) is 3.63. The number of hydrogen-bond acceptors (Lipinski definition) is 7.